The van der Waals surface area contributed by atoms with Gasteiger partial charge >= 0.3 is 5.97 Å². The summed E-state index contributed by atoms with van der Waals surface area (Å²) < 4.78 is 8.81. The van der Waals surface area contributed by atoms with Crippen LogP contribution in [0.4, 0.5) is 0 Å². The molecule has 0 amide bonds. The van der Waals surface area contributed by atoms with Crippen LogP contribution in [-0.2, 0) is 14.3 Å². The average molecular weight is 178 g/mol. The number of methoxy groups -OCH3 is 1. The van der Waals surface area contributed by atoms with E-state index in [1.807, 2.05) is 0 Å². The summed E-state index contributed by atoms with van der Waals surface area (Å²) in [4.78, 5) is 10.4. The minimum Gasteiger partial charge on any atom is -0.463 e. The molecule has 4 heteroatoms. The largest absolute Gasteiger partial charge is 0.463 e. The van der Waals surface area contributed by atoms with Gasteiger partial charge in [-0.25, -0.2) is 0 Å². The van der Waals surface area contributed by atoms with Crippen LogP contribution in [0.1, 0.15) is 20.3 Å². The molecule has 0 radical (unpaired) electrons. The van der Waals surface area contributed by atoms with Crippen LogP contribution in [-0.4, -0.2) is 38.0 Å². The first kappa shape index (κ1) is 13.9. The van der Waals surface area contributed by atoms with Crippen LogP contribution in [0.3, 0.4) is 0 Å². The van der Waals surface area contributed by atoms with Gasteiger partial charge in [0.25, 0.3) is 0 Å². The Morgan fingerprint density at radius 3 is 2.17 bits per heavy atom. The summed E-state index contributed by atoms with van der Waals surface area (Å²) in [5.74, 6) is -0.268. The van der Waals surface area contributed by atoms with E-state index in [4.69, 9.17) is 5.11 Å². The molecule has 0 aromatic carbocycles. The minimum atomic E-state index is -0.555. The van der Waals surface area contributed by atoms with Crippen molar-refractivity contribution in [3.63, 3.8) is 0 Å². The summed E-state index contributed by atoms with van der Waals surface area (Å²) in [7, 11) is 3.25. The molecule has 0 aliphatic carbocycles. The van der Waals surface area contributed by atoms with Crippen LogP contribution in [0.15, 0.2) is 0 Å². The number of esters is 1. The molecule has 1 N–H and O–H groups in total. The van der Waals surface area contributed by atoms with Gasteiger partial charge < -0.3 is 14.6 Å². The summed E-state index contributed by atoms with van der Waals surface area (Å²) in [6.07, 6.45) is -0.187. The smallest absolute Gasteiger partial charge is 0.305 e. The van der Waals surface area contributed by atoms with Gasteiger partial charge in [-0.05, 0) is 6.92 Å². The Hall–Kier alpha value is -0.610. The third kappa shape index (κ3) is 16.2. The van der Waals surface area contributed by atoms with Crippen LogP contribution in [0.2, 0.25) is 0 Å². The van der Waals surface area contributed by atoms with Crippen molar-refractivity contribution in [2.45, 2.75) is 26.4 Å². The quantitative estimate of drug-likeness (QED) is 0.642. The second-order valence-electron chi connectivity index (χ2n) is 2.29. The highest BCUT2D eigenvalue weighted by Gasteiger charge is 1.99. The summed E-state index contributed by atoms with van der Waals surface area (Å²) in [6, 6.07) is 0. The Morgan fingerprint density at radius 2 is 1.92 bits per heavy atom. The van der Waals surface area contributed by atoms with E-state index in [0.717, 1.165) is 0 Å². The molecule has 0 bridgehead atoms. The molecule has 0 fully saturated rings. The molecular weight excluding hydrogens is 160 g/mol. The van der Waals surface area contributed by atoms with E-state index in [-0.39, 0.29) is 12.6 Å². The van der Waals surface area contributed by atoms with Crippen LogP contribution in [0.25, 0.3) is 0 Å². The van der Waals surface area contributed by atoms with E-state index in [0.29, 0.717) is 6.42 Å². The second kappa shape index (κ2) is 10.4. The number of hydrogen-bond donors (Lipinski definition) is 1. The topological polar surface area (TPSA) is 55.8 Å². The molecule has 0 aliphatic rings. The summed E-state index contributed by atoms with van der Waals surface area (Å²) in [5, 5.41) is 8.62. The van der Waals surface area contributed by atoms with Gasteiger partial charge in [-0.1, -0.05) is 6.92 Å². The highest BCUT2D eigenvalue weighted by Crippen LogP contribution is 1.86. The fourth-order valence-corrected chi connectivity index (χ4v) is 0.316. The van der Waals surface area contributed by atoms with E-state index in [1.54, 1.807) is 28.1 Å². The van der Waals surface area contributed by atoms with Gasteiger partial charge in [0.1, 0.15) is 6.61 Å². The van der Waals surface area contributed by atoms with Gasteiger partial charge in [-0.2, -0.15) is 0 Å². The third-order valence-electron chi connectivity index (χ3n) is 0.774. The van der Waals surface area contributed by atoms with Crippen molar-refractivity contribution in [3.05, 3.63) is 0 Å². The van der Waals surface area contributed by atoms with Crippen LogP contribution in [0, 0.1) is 0 Å². The number of hydrogen-bond acceptors (Lipinski definition) is 4. The maximum Gasteiger partial charge on any atom is 0.305 e. The number of aliphatic hydroxyl groups is 1. The zero-order chi connectivity index (χ0) is 9.98. The summed E-state index contributed by atoms with van der Waals surface area (Å²) in [5.41, 5.74) is 0. The first-order valence-electron chi connectivity index (χ1n) is 3.82. The molecule has 1 unspecified atom stereocenters. The molecule has 0 aliphatic heterocycles. The van der Waals surface area contributed by atoms with Crippen molar-refractivity contribution in [1.82, 2.24) is 0 Å². The zero-order valence-corrected chi connectivity index (χ0v) is 8.16. The van der Waals surface area contributed by atoms with Crippen molar-refractivity contribution in [1.29, 1.82) is 0 Å². The number of rotatable bonds is 3. The second-order valence-corrected chi connectivity index (χ2v) is 2.29. The molecule has 0 aromatic rings. The van der Waals surface area contributed by atoms with E-state index < -0.39 is 6.10 Å². The first-order valence-corrected chi connectivity index (χ1v) is 3.82. The summed E-state index contributed by atoms with van der Waals surface area (Å²) in [6.45, 7) is 3.39. The fraction of sp³-hybridized carbons (Fsp3) is 0.875. The van der Waals surface area contributed by atoms with Crippen molar-refractivity contribution in [2.24, 2.45) is 0 Å². The van der Waals surface area contributed by atoms with E-state index in [1.165, 1.54) is 0 Å². The lowest BCUT2D eigenvalue weighted by Gasteiger charge is -2.03. The Labute approximate surface area is 73.5 Å². The lowest BCUT2D eigenvalue weighted by Crippen LogP contribution is -2.14. The van der Waals surface area contributed by atoms with Gasteiger partial charge in [-0.3, -0.25) is 4.79 Å². The molecule has 0 spiro atoms. The molecular formula is C8H18O4. The van der Waals surface area contributed by atoms with E-state index in [2.05, 4.69) is 9.47 Å². The molecule has 12 heavy (non-hydrogen) atoms. The molecule has 0 aromatic heterocycles. The van der Waals surface area contributed by atoms with Crippen molar-refractivity contribution in [2.75, 3.05) is 20.8 Å². The highest BCUT2D eigenvalue weighted by atomic mass is 16.5. The van der Waals surface area contributed by atoms with Gasteiger partial charge in [0.2, 0.25) is 0 Å². The maximum absolute atomic E-state index is 10.4. The summed E-state index contributed by atoms with van der Waals surface area (Å²) >= 11 is 0. The number of ether oxygens (including phenoxy) is 2. The molecule has 4 nitrogen and oxygen atoms in total. The SMILES string of the molecule is CCC(=O)OCC(C)O.COC. The number of aliphatic hydroxyl groups excluding tert-OH is 1. The van der Waals surface area contributed by atoms with E-state index >= 15 is 0 Å². The third-order valence-corrected chi connectivity index (χ3v) is 0.774. The molecule has 1 atom stereocenters. The average Bonchev–Trinajstić information content (AvgIpc) is 2.01. The van der Waals surface area contributed by atoms with Crippen molar-refractivity contribution < 1.29 is 19.4 Å². The lowest BCUT2D eigenvalue weighted by molar-refractivity contribution is -0.145. The normalized spacial score (nSPS) is 11.1. The zero-order valence-electron chi connectivity index (χ0n) is 8.16. The van der Waals surface area contributed by atoms with Gasteiger partial charge in [0.05, 0.1) is 6.10 Å². The molecule has 0 saturated carbocycles. The van der Waals surface area contributed by atoms with Gasteiger partial charge in [-0.15, -0.1) is 0 Å². The first-order chi connectivity index (χ1) is 5.58. The van der Waals surface area contributed by atoms with Crippen molar-refractivity contribution in [3.8, 4) is 0 Å². The molecule has 0 heterocycles. The fourth-order valence-electron chi connectivity index (χ4n) is 0.316. The van der Waals surface area contributed by atoms with E-state index in [9.17, 15) is 4.79 Å². The van der Waals surface area contributed by atoms with Gasteiger partial charge in [0, 0.05) is 20.6 Å². The number of carbonyl (C=O) groups excluding carboxylic acids is 1. The van der Waals surface area contributed by atoms with Crippen LogP contribution in [0.5, 0.6) is 0 Å². The number of carbonyl (C=O) groups is 1. The monoisotopic (exact) mass is 178 g/mol. The predicted molar refractivity (Wildman–Crippen MR) is 45.9 cm³/mol. The van der Waals surface area contributed by atoms with Gasteiger partial charge in [0.15, 0.2) is 0 Å². The molecule has 74 valence electrons. The Bertz CT molecular complexity index is 101. The Balaban J connectivity index is 0. The lowest BCUT2D eigenvalue weighted by atomic mass is 10.4. The Kier molecular flexibility index (Phi) is 12.1. The predicted octanol–water partition coefficient (Wildman–Crippen LogP) is 0.583. The highest BCUT2D eigenvalue weighted by molar-refractivity contribution is 5.68. The standard InChI is InChI=1S/C6H12O3.C2H6O/c1-3-6(8)9-4-5(2)7;1-3-2/h5,7H,3-4H2,1-2H3;1-2H3. The maximum atomic E-state index is 10.4. The molecule has 0 saturated heterocycles. The van der Waals surface area contributed by atoms with Crippen molar-refractivity contribution >= 4 is 5.97 Å². The molecule has 0 rings (SSSR count). The minimum absolute atomic E-state index is 0.104. The Morgan fingerprint density at radius 1 is 1.50 bits per heavy atom. The van der Waals surface area contributed by atoms with Crippen LogP contribution < -0.4 is 0 Å². The van der Waals surface area contributed by atoms with Crippen LogP contribution >= 0.6 is 0 Å².